The third-order valence-electron chi connectivity index (χ3n) is 3.44. The molecule has 1 unspecified atom stereocenters. The molecule has 1 heterocycles. The lowest BCUT2D eigenvalue weighted by Crippen LogP contribution is -2.39. The van der Waals surface area contributed by atoms with Crippen LogP contribution in [0.2, 0.25) is 0 Å². The van der Waals surface area contributed by atoms with E-state index in [4.69, 9.17) is 9.84 Å². The van der Waals surface area contributed by atoms with Gasteiger partial charge in [0.25, 0.3) is 0 Å². The van der Waals surface area contributed by atoms with Gasteiger partial charge in [0.05, 0.1) is 7.11 Å². The van der Waals surface area contributed by atoms with Gasteiger partial charge in [-0.25, -0.2) is 4.79 Å². The molecule has 6 nitrogen and oxygen atoms in total. The first-order chi connectivity index (χ1) is 10.0. The lowest BCUT2D eigenvalue weighted by molar-refractivity contribution is -0.146. The molecule has 2 N–H and O–H groups in total. The number of phenolic OH excluding ortho intramolecular Hbond substituents is 1. The second-order valence-corrected chi connectivity index (χ2v) is 4.79. The molecular formula is C15H17NO5. The van der Waals surface area contributed by atoms with Crippen molar-refractivity contribution in [2.24, 2.45) is 0 Å². The fourth-order valence-electron chi connectivity index (χ4n) is 2.35. The minimum absolute atomic E-state index is 0.0199. The monoisotopic (exact) mass is 291 g/mol. The van der Waals surface area contributed by atoms with Crippen LogP contribution in [0, 0.1) is 0 Å². The molecule has 1 aliphatic rings. The maximum atomic E-state index is 12.1. The van der Waals surface area contributed by atoms with E-state index in [0.29, 0.717) is 30.7 Å². The van der Waals surface area contributed by atoms with Crippen molar-refractivity contribution >= 4 is 18.0 Å². The Kier molecular flexibility index (Phi) is 4.47. The number of hydrogen-bond acceptors (Lipinski definition) is 4. The number of methoxy groups -OCH3 is 1. The predicted octanol–water partition coefficient (Wildman–Crippen LogP) is 1.49. The second-order valence-electron chi connectivity index (χ2n) is 4.79. The van der Waals surface area contributed by atoms with E-state index in [0.717, 1.165) is 0 Å². The van der Waals surface area contributed by atoms with Crippen molar-refractivity contribution in [3.8, 4) is 11.5 Å². The minimum atomic E-state index is -0.972. The number of hydrogen-bond donors (Lipinski definition) is 2. The molecule has 112 valence electrons. The Morgan fingerprint density at radius 2 is 2.19 bits per heavy atom. The van der Waals surface area contributed by atoms with Gasteiger partial charge in [0.1, 0.15) is 6.04 Å². The van der Waals surface area contributed by atoms with Crippen LogP contribution in [0.15, 0.2) is 24.3 Å². The number of nitrogens with zero attached hydrogens (tertiary/aromatic N) is 1. The molecule has 6 heteroatoms. The summed E-state index contributed by atoms with van der Waals surface area (Å²) in [5.41, 5.74) is 0.684. The number of ether oxygens (including phenoxy) is 1. The summed E-state index contributed by atoms with van der Waals surface area (Å²) in [6.45, 7) is 0.457. The van der Waals surface area contributed by atoms with E-state index in [1.807, 2.05) is 0 Å². The van der Waals surface area contributed by atoms with Crippen molar-refractivity contribution in [1.29, 1.82) is 0 Å². The molecule has 1 fully saturated rings. The van der Waals surface area contributed by atoms with Gasteiger partial charge < -0.3 is 19.8 Å². The Morgan fingerprint density at radius 3 is 2.86 bits per heavy atom. The van der Waals surface area contributed by atoms with Gasteiger partial charge in [-0.3, -0.25) is 4.79 Å². The molecule has 2 rings (SSSR count). The molecule has 1 saturated heterocycles. The quantitative estimate of drug-likeness (QED) is 0.821. The number of benzene rings is 1. The lowest BCUT2D eigenvalue weighted by atomic mass is 10.2. The lowest BCUT2D eigenvalue weighted by Gasteiger charge is -2.19. The average molecular weight is 291 g/mol. The molecule has 0 radical (unpaired) electrons. The van der Waals surface area contributed by atoms with E-state index in [2.05, 4.69) is 0 Å². The normalized spacial score (nSPS) is 18.1. The number of amides is 1. The van der Waals surface area contributed by atoms with Crippen LogP contribution in [0.25, 0.3) is 6.08 Å². The van der Waals surface area contributed by atoms with E-state index in [-0.39, 0.29) is 11.7 Å². The standard InChI is InChI=1S/C15H17NO5/c1-21-13-9-10(4-6-12(13)17)5-7-14(18)16-8-2-3-11(16)15(19)20/h4-7,9,11,17H,2-3,8H2,1H3,(H,19,20). The molecule has 1 aromatic carbocycles. The third kappa shape index (κ3) is 3.34. The van der Waals surface area contributed by atoms with Crippen molar-refractivity contribution in [2.45, 2.75) is 18.9 Å². The maximum Gasteiger partial charge on any atom is 0.326 e. The Balaban J connectivity index is 2.10. The van der Waals surface area contributed by atoms with Crippen LogP contribution in [-0.2, 0) is 9.59 Å². The van der Waals surface area contributed by atoms with Gasteiger partial charge >= 0.3 is 5.97 Å². The Bertz CT molecular complexity index is 581. The molecule has 21 heavy (non-hydrogen) atoms. The summed E-state index contributed by atoms with van der Waals surface area (Å²) in [5.74, 6) is -0.965. The molecule has 0 aromatic heterocycles. The van der Waals surface area contributed by atoms with Gasteiger partial charge in [0.15, 0.2) is 11.5 Å². The topological polar surface area (TPSA) is 87.1 Å². The average Bonchev–Trinajstić information content (AvgIpc) is 2.95. The van der Waals surface area contributed by atoms with Crippen LogP contribution < -0.4 is 4.74 Å². The Labute approximate surface area is 122 Å². The number of likely N-dealkylation sites (tertiary alicyclic amines) is 1. The number of carbonyl (C=O) groups excluding carboxylic acids is 1. The smallest absolute Gasteiger partial charge is 0.326 e. The highest BCUT2D eigenvalue weighted by Crippen LogP contribution is 2.27. The Morgan fingerprint density at radius 1 is 1.43 bits per heavy atom. The molecule has 0 bridgehead atoms. The number of carbonyl (C=O) groups is 2. The zero-order valence-electron chi connectivity index (χ0n) is 11.7. The number of phenols is 1. The number of rotatable bonds is 4. The number of carboxylic acid groups (broad SMARTS) is 1. The summed E-state index contributed by atoms with van der Waals surface area (Å²) in [4.78, 5) is 24.5. The largest absolute Gasteiger partial charge is 0.504 e. The highest BCUT2D eigenvalue weighted by atomic mass is 16.5. The van der Waals surface area contributed by atoms with Crippen LogP contribution in [0.1, 0.15) is 18.4 Å². The summed E-state index contributed by atoms with van der Waals surface area (Å²) in [6.07, 6.45) is 4.10. The first kappa shape index (κ1) is 14.9. The molecule has 1 atom stereocenters. The second kappa shape index (κ2) is 6.30. The van der Waals surface area contributed by atoms with E-state index in [9.17, 15) is 14.7 Å². The number of carboxylic acids is 1. The molecule has 1 amide bonds. The van der Waals surface area contributed by atoms with Gasteiger partial charge in [-0.1, -0.05) is 6.07 Å². The van der Waals surface area contributed by atoms with Crippen molar-refractivity contribution in [3.63, 3.8) is 0 Å². The SMILES string of the molecule is COc1cc(C=CC(=O)N2CCCC2C(=O)O)ccc1O. The molecule has 1 aromatic rings. The fourth-order valence-corrected chi connectivity index (χ4v) is 2.35. The first-order valence-corrected chi connectivity index (χ1v) is 6.61. The van der Waals surface area contributed by atoms with Crippen molar-refractivity contribution in [3.05, 3.63) is 29.8 Å². The molecule has 0 aliphatic carbocycles. The van der Waals surface area contributed by atoms with Crippen molar-refractivity contribution < 1.29 is 24.5 Å². The van der Waals surface area contributed by atoms with Crippen LogP contribution >= 0.6 is 0 Å². The summed E-state index contributed by atoms with van der Waals surface area (Å²) in [7, 11) is 1.44. The van der Waals surface area contributed by atoms with E-state index >= 15 is 0 Å². The van der Waals surface area contributed by atoms with E-state index in [1.54, 1.807) is 18.2 Å². The Hall–Kier alpha value is -2.50. The molecular weight excluding hydrogens is 274 g/mol. The summed E-state index contributed by atoms with van der Waals surface area (Å²) >= 11 is 0. The summed E-state index contributed by atoms with van der Waals surface area (Å²) in [6, 6.07) is 3.97. The molecule has 0 spiro atoms. The van der Waals surface area contributed by atoms with Crippen LogP contribution in [-0.4, -0.2) is 46.7 Å². The molecule has 0 saturated carbocycles. The van der Waals surface area contributed by atoms with E-state index in [1.165, 1.54) is 24.2 Å². The van der Waals surface area contributed by atoms with Gasteiger partial charge in [0.2, 0.25) is 5.91 Å². The predicted molar refractivity (Wildman–Crippen MR) is 76.1 cm³/mol. The zero-order valence-corrected chi connectivity index (χ0v) is 11.7. The van der Waals surface area contributed by atoms with Crippen molar-refractivity contribution in [2.75, 3.05) is 13.7 Å². The maximum absolute atomic E-state index is 12.1. The van der Waals surface area contributed by atoms with Crippen molar-refractivity contribution in [1.82, 2.24) is 4.90 Å². The van der Waals surface area contributed by atoms with Crippen LogP contribution in [0.4, 0.5) is 0 Å². The third-order valence-corrected chi connectivity index (χ3v) is 3.44. The van der Waals surface area contributed by atoms with Gasteiger partial charge in [-0.05, 0) is 36.6 Å². The zero-order chi connectivity index (χ0) is 15.4. The fraction of sp³-hybridized carbons (Fsp3) is 0.333. The molecule has 1 aliphatic heterocycles. The van der Waals surface area contributed by atoms with Gasteiger partial charge in [-0.15, -0.1) is 0 Å². The number of aromatic hydroxyl groups is 1. The first-order valence-electron chi connectivity index (χ1n) is 6.61. The highest BCUT2D eigenvalue weighted by molar-refractivity contribution is 5.94. The van der Waals surface area contributed by atoms with Crippen LogP contribution in [0.5, 0.6) is 11.5 Å². The highest BCUT2D eigenvalue weighted by Gasteiger charge is 2.32. The van der Waals surface area contributed by atoms with Crippen LogP contribution in [0.3, 0.4) is 0 Å². The minimum Gasteiger partial charge on any atom is -0.504 e. The summed E-state index contributed by atoms with van der Waals surface area (Å²) in [5, 5.41) is 18.5. The van der Waals surface area contributed by atoms with Gasteiger partial charge in [-0.2, -0.15) is 0 Å². The van der Waals surface area contributed by atoms with E-state index < -0.39 is 12.0 Å². The van der Waals surface area contributed by atoms with Gasteiger partial charge in [0, 0.05) is 12.6 Å². The number of aliphatic carboxylic acids is 1. The summed E-state index contributed by atoms with van der Waals surface area (Å²) < 4.78 is 4.98.